The highest BCUT2D eigenvalue weighted by atomic mass is 16.5. The topological polar surface area (TPSA) is 32.8 Å². The van der Waals surface area contributed by atoms with Crippen LogP contribution in [0.25, 0.3) is 0 Å². The third kappa shape index (κ3) is 3.47. The lowest BCUT2D eigenvalue weighted by Crippen LogP contribution is -2.34. The third-order valence-electron chi connectivity index (χ3n) is 3.48. The number of carbonyl (C=O) groups is 1. The van der Waals surface area contributed by atoms with Crippen LogP contribution in [0.5, 0.6) is 0 Å². The molecule has 0 N–H and O–H groups in total. The lowest BCUT2D eigenvalue weighted by Gasteiger charge is -2.21. The number of benzene rings is 1. The van der Waals surface area contributed by atoms with E-state index in [-0.39, 0.29) is 12.0 Å². The van der Waals surface area contributed by atoms with Gasteiger partial charge in [-0.1, -0.05) is 0 Å². The highest BCUT2D eigenvalue weighted by Gasteiger charge is 2.20. The number of amides is 1. The Kier molecular flexibility index (Phi) is 4.43. The van der Waals surface area contributed by atoms with Crippen LogP contribution in [0.2, 0.25) is 0 Å². The third-order valence-corrected chi connectivity index (χ3v) is 3.48. The summed E-state index contributed by atoms with van der Waals surface area (Å²) in [7, 11) is 5.81. The van der Waals surface area contributed by atoms with Crippen molar-refractivity contribution in [2.45, 2.75) is 18.9 Å². The summed E-state index contributed by atoms with van der Waals surface area (Å²) in [6.07, 6.45) is 2.36. The van der Waals surface area contributed by atoms with Crippen LogP contribution in [0.3, 0.4) is 0 Å². The Labute approximate surface area is 115 Å². The number of likely N-dealkylation sites (N-methyl/N-ethyl adjacent to an activating group) is 1. The molecule has 0 aromatic heterocycles. The zero-order valence-corrected chi connectivity index (χ0v) is 11.9. The molecule has 1 atom stereocenters. The quantitative estimate of drug-likeness (QED) is 0.832. The molecule has 1 amide bonds. The van der Waals surface area contributed by atoms with E-state index in [1.165, 1.54) is 0 Å². The number of nitrogens with zero attached hydrogens (tertiary/aromatic N) is 2. The fraction of sp³-hybridized carbons (Fsp3) is 0.533. The molecule has 4 nitrogen and oxygen atoms in total. The summed E-state index contributed by atoms with van der Waals surface area (Å²) in [5.74, 6) is 0.0563. The number of anilines is 1. The Morgan fingerprint density at radius 1 is 1.26 bits per heavy atom. The zero-order valence-electron chi connectivity index (χ0n) is 11.9. The van der Waals surface area contributed by atoms with Gasteiger partial charge in [0, 0.05) is 45.5 Å². The lowest BCUT2D eigenvalue weighted by molar-refractivity contribution is 0.0587. The second kappa shape index (κ2) is 6.06. The number of hydrogen-bond donors (Lipinski definition) is 0. The molecule has 1 aliphatic rings. The molecule has 0 bridgehead atoms. The fourth-order valence-electron chi connectivity index (χ4n) is 2.30. The Balaban J connectivity index is 1.97. The number of hydrogen-bond acceptors (Lipinski definition) is 3. The van der Waals surface area contributed by atoms with Gasteiger partial charge in [0.2, 0.25) is 0 Å². The van der Waals surface area contributed by atoms with E-state index in [2.05, 4.69) is 0 Å². The lowest BCUT2D eigenvalue weighted by atomic mass is 10.1. The molecule has 0 saturated carbocycles. The number of rotatable bonds is 4. The van der Waals surface area contributed by atoms with Crippen molar-refractivity contribution >= 4 is 11.6 Å². The Morgan fingerprint density at radius 2 is 1.95 bits per heavy atom. The average molecular weight is 262 g/mol. The molecule has 1 aromatic rings. The van der Waals surface area contributed by atoms with Gasteiger partial charge in [0.25, 0.3) is 5.91 Å². The van der Waals surface area contributed by atoms with Crippen LogP contribution in [-0.2, 0) is 4.74 Å². The molecule has 19 heavy (non-hydrogen) atoms. The van der Waals surface area contributed by atoms with Crippen molar-refractivity contribution in [1.82, 2.24) is 4.90 Å². The Hall–Kier alpha value is -1.55. The summed E-state index contributed by atoms with van der Waals surface area (Å²) in [6.45, 7) is 1.50. The summed E-state index contributed by atoms with van der Waals surface area (Å²) in [4.78, 5) is 16.0. The monoisotopic (exact) mass is 262 g/mol. The molecule has 104 valence electrons. The summed E-state index contributed by atoms with van der Waals surface area (Å²) >= 11 is 0. The summed E-state index contributed by atoms with van der Waals surface area (Å²) < 4.78 is 5.56. The van der Waals surface area contributed by atoms with E-state index in [9.17, 15) is 4.79 Å². The number of ether oxygens (including phenoxy) is 1. The molecule has 2 rings (SSSR count). The summed E-state index contributed by atoms with van der Waals surface area (Å²) in [5, 5.41) is 0. The van der Waals surface area contributed by atoms with E-state index in [0.717, 1.165) is 30.7 Å². The van der Waals surface area contributed by atoms with E-state index < -0.39 is 0 Å². The second-order valence-corrected chi connectivity index (χ2v) is 5.26. The van der Waals surface area contributed by atoms with Gasteiger partial charge in [-0.05, 0) is 37.1 Å². The minimum atomic E-state index is 0.0563. The summed E-state index contributed by atoms with van der Waals surface area (Å²) in [6, 6.07) is 7.69. The van der Waals surface area contributed by atoms with Gasteiger partial charge in [0.05, 0.1) is 6.10 Å². The van der Waals surface area contributed by atoms with Crippen LogP contribution in [0.15, 0.2) is 24.3 Å². The van der Waals surface area contributed by atoms with Crippen molar-refractivity contribution in [3.63, 3.8) is 0 Å². The van der Waals surface area contributed by atoms with E-state index in [1.54, 1.807) is 4.90 Å². The normalized spacial score (nSPS) is 18.4. The molecule has 0 aliphatic carbocycles. The first-order valence-electron chi connectivity index (χ1n) is 6.72. The Morgan fingerprint density at radius 3 is 2.47 bits per heavy atom. The van der Waals surface area contributed by atoms with Gasteiger partial charge in [-0.3, -0.25) is 4.79 Å². The van der Waals surface area contributed by atoms with Gasteiger partial charge in [-0.25, -0.2) is 0 Å². The van der Waals surface area contributed by atoms with Gasteiger partial charge < -0.3 is 14.5 Å². The highest BCUT2D eigenvalue weighted by Crippen LogP contribution is 2.16. The maximum Gasteiger partial charge on any atom is 0.253 e. The predicted octanol–water partition coefficient (Wildman–Crippen LogP) is 2.00. The van der Waals surface area contributed by atoms with E-state index in [4.69, 9.17) is 4.74 Å². The van der Waals surface area contributed by atoms with Crippen LogP contribution in [0, 0.1) is 0 Å². The zero-order chi connectivity index (χ0) is 13.8. The smallest absolute Gasteiger partial charge is 0.253 e. The van der Waals surface area contributed by atoms with Crippen molar-refractivity contribution in [2.24, 2.45) is 0 Å². The van der Waals surface area contributed by atoms with Crippen molar-refractivity contribution in [1.29, 1.82) is 0 Å². The average Bonchev–Trinajstić information content (AvgIpc) is 2.90. The highest BCUT2D eigenvalue weighted by molar-refractivity contribution is 5.94. The number of carbonyl (C=O) groups excluding carboxylic acids is 1. The molecular weight excluding hydrogens is 240 g/mol. The van der Waals surface area contributed by atoms with Gasteiger partial charge in [0.1, 0.15) is 0 Å². The molecule has 1 aromatic carbocycles. The molecule has 4 heteroatoms. The molecule has 1 unspecified atom stereocenters. The van der Waals surface area contributed by atoms with Gasteiger partial charge in [0.15, 0.2) is 0 Å². The van der Waals surface area contributed by atoms with Gasteiger partial charge in [-0.15, -0.1) is 0 Å². The molecule has 0 spiro atoms. The summed E-state index contributed by atoms with van der Waals surface area (Å²) in [5.41, 5.74) is 1.82. The first kappa shape index (κ1) is 13.9. The molecule has 1 fully saturated rings. The first-order chi connectivity index (χ1) is 9.08. The molecule has 1 heterocycles. The fourth-order valence-corrected chi connectivity index (χ4v) is 2.30. The van der Waals surface area contributed by atoms with Crippen molar-refractivity contribution < 1.29 is 9.53 Å². The van der Waals surface area contributed by atoms with E-state index in [0.29, 0.717) is 6.54 Å². The van der Waals surface area contributed by atoms with Crippen LogP contribution in [-0.4, -0.2) is 51.2 Å². The Bertz CT molecular complexity index is 422. The van der Waals surface area contributed by atoms with Crippen molar-refractivity contribution in [2.75, 3.05) is 39.2 Å². The van der Waals surface area contributed by atoms with Crippen LogP contribution >= 0.6 is 0 Å². The largest absolute Gasteiger partial charge is 0.378 e. The molecule has 0 radical (unpaired) electrons. The van der Waals surface area contributed by atoms with Crippen LogP contribution < -0.4 is 4.90 Å². The molecule has 1 saturated heterocycles. The first-order valence-corrected chi connectivity index (χ1v) is 6.72. The SMILES string of the molecule is CN(CC1CCCO1)C(=O)c1ccc(N(C)C)cc1. The minimum absolute atomic E-state index is 0.0563. The van der Waals surface area contributed by atoms with Crippen molar-refractivity contribution in [3.05, 3.63) is 29.8 Å². The maximum absolute atomic E-state index is 12.3. The van der Waals surface area contributed by atoms with E-state index >= 15 is 0 Å². The van der Waals surface area contributed by atoms with Gasteiger partial charge >= 0.3 is 0 Å². The standard InChI is InChI=1S/C15H22N2O2/c1-16(2)13-8-6-12(7-9-13)15(18)17(3)11-14-5-4-10-19-14/h6-9,14H,4-5,10-11H2,1-3H3. The van der Waals surface area contributed by atoms with Crippen LogP contribution in [0.1, 0.15) is 23.2 Å². The molecular formula is C15H22N2O2. The van der Waals surface area contributed by atoms with Gasteiger partial charge in [-0.2, -0.15) is 0 Å². The van der Waals surface area contributed by atoms with E-state index in [1.807, 2.05) is 50.3 Å². The maximum atomic E-state index is 12.3. The predicted molar refractivity (Wildman–Crippen MR) is 76.7 cm³/mol. The van der Waals surface area contributed by atoms with Crippen LogP contribution in [0.4, 0.5) is 5.69 Å². The minimum Gasteiger partial charge on any atom is -0.378 e. The van der Waals surface area contributed by atoms with Crippen molar-refractivity contribution in [3.8, 4) is 0 Å². The second-order valence-electron chi connectivity index (χ2n) is 5.26. The molecule has 1 aliphatic heterocycles.